The SMILES string of the molecule is CCn1cc(CN2CCN3C(=O)[C@@H]4C[C@@H](O)CN4C(=O)[C@H]3C2)c(C)n1. The van der Waals surface area contributed by atoms with Gasteiger partial charge in [0.15, 0.2) is 0 Å². The van der Waals surface area contributed by atoms with Crippen LogP contribution in [0.1, 0.15) is 24.6 Å². The molecule has 0 bridgehead atoms. The lowest BCUT2D eigenvalue weighted by Gasteiger charge is -2.47. The van der Waals surface area contributed by atoms with Gasteiger partial charge in [-0.05, 0) is 13.8 Å². The normalized spacial score (nSPS) is 30.0. The molecule has 0 radical (unpaired) electrons. The summed E-state index contributed by atoms with van der Waals surface area (Å²) in [6.45, 7) is 7.78. The van der Waals surface area contributed by atoms with Crippen molar-refractivity contribution in [3.05, 3.63) is 17.5 Å². The Bertz CT molecular complexity index is 702. The quantitative estimate of drug-likeness (QED) is 0.774. The van der Waals surface area contributed by atoms with E-state index in [-0.39, 0.29) is 18.4 Å². The highest BCUT2D eigenvalue weighted by Gasteiger charge is 2.51. The molecule has 25 heavy (non-hydrogen) atoms. The molecule has 1 N–H and O–H groups in total. The van der Waals surface area contributed by atoms with Crippen LogP contribution in [-0.2, 0) is 22.7 Å². The minimum Gasteiger partial charge on any atom is -0.391 e. The predicted octanol–water partition coefficient (Wildman–Crippen LogP) is -0.800. The third kappa shape index (κ3) is 2.73. The third-order valence-corrected chi connectivity index (χ3v) is 5.65. The monoisotopic (exact) mass is 347 g/mol. The molecule has 136 valence electrons. The first-order chi connectivity index (χ1) is 12.0. The average Bonchev–Trinajstić information content (AvgIpc) is 3.16. The van der Waals surface area contributed by atoms with Gasteiger partial charge in [0.2, 0.25) is 11.8 Å². The predicted molar refractivity (Wildman–Crippen MR) is 89.5 cm³/mol. The molecule has 3 aliphatic heterocycles. The van der Waals surface area contributed by atoms with Crippen LogP contribution in [0.3, 0.4) is 0 Å². The molecular weight excluding hydrogens is 322 g/mol. The van der Waals surface area contributed by atoms with Crippen molar-refractivity contribution in [3.63, 3.8) is 0 Å². The van der Waals surface area contributed by atoms with Gasteiger partial charge < -0.3 is 14.9 Å². The van der Waals surface area contributed by atoms with Gasteiger partial charge in [0.25, 0.3) is 0 Å². The Labute approximate surface area is 147 Å². The van der Waals surface area contributed by atoms with Gasteiger partial charge in [-0.25, -0.2) is 0 Å². The first-order valence-electron chi connectivity index (χ1n) is 9.02. The summed E-state index contributed by atoms with van der Waals surface area (Å²) in [5.41, 5.74) is 2.18. The van der Waals surface area contributed by atoms with E-state index >= 15 is 0 Å². The Morgan fingerprint density at radius 3 is 2.64 bits per heavy atom. The van der Waals surface area contributed by atoms with Crippen molar-refractivity contribution in [3.8, 4) is 0 Å². The maximum absolute atomic E-state index is 12.8. The van der Waals surface area contributed by atoms with Crippen LogP contribution in [0, 0.1) is 6.92 Å². The third-order valence-electron chi connectivity index (χ3n) is 5.65. The number of aliphatic hydroxyl groups is 1. The Hall–Kier alpha value is -1.93. The van der Waals surface area contributed by atoms with Gasteiger partial charge >= 0.3 is 0 Å². The molecule has 1 aromatic heterocycles. The Kier molecular flexibility index (Phi) is 4.04. The second-order valence-electron chi connectivity index (χ2n) is 7.27. The number of rotatable bonds is 3. The van der Waals surface area contributed by atoms with Gasteiger partial charge in [-0.3, -0.25) is 19.2 Å². The highest BCUT2D eigenvalue weighted by molar-refractivity contribution is 5.97. The summed E-state index contributed by atoms with van der Waals surface area (Å²) >= 11 is 0. The average molecular weight is 347 g/mol. The minimum atomic E-state index is -0.585. The highest BCUT2D eigenvalue weighted by atomic mass is 16.3. The molecule has 3 fully saturated rings. The van der Waals surface area contributed by atoms with E-state index in [9.17, 15) is 14.7 Å². The summed E-state index contributed by atoms with van der Waals surface area (Å²) < 4.78 is 1.92. The van der Waals surface area contributed by atoms with Crippen molar-refractivity contribution in [1.82, 2.24) is 24.5 Å². The second-order valence-corrected chi connectivity index (χ2v) is 7.27. The lowest BCUT2D eigenvalue weighted by atomic mass is 10.0. The number of aliphatic hydroxyl groups excluding tert-OH is 1. The number of hydrogen-bond acceptors (Lipinski definition) is 5. The molecule has 1 aromatic rings. The number of nitrogens with zero attached hydrogens (tertiary/aromatic N) is 5. The van der Waals surface area contributed by atoms with Gasteiger partial charge in [0.1, 0.15) is 12.1 Å². The molecule has 2 amide bonds. The van der Waals surface area contributed by atoms with Crippen LogP contribution in [0.4, 0.5) is 0 Å². The van der Waals surface area contributed by atoms with Crippen LogP contribution in [0.2, 0.25) is 0 Å². The Morgan fingerprint density at radius 2 is 1.92 bits per heavy atom. The number of amides is 2. The van der Waals surface area contributed by atoms with E-state index in [1.54, 1.807) is 9.80 Å². The van der Waals surface area contributed by atoms with Gasteiger partial charge in [-0.2, -0.15) is 5.10 Å². The molecule has 0 aliphatic carbocycles. The zero-order chi connectivity index (χ0) is 17.7. The summed E-state index contributed by atoms with van der Waals surface area (Å²) in [4.78, 5) is 31.0. The fourth-order valence-corrected chi connectivity index (χ4v) is 4.25. The minimum absolute atomic E-state index is 0.00390. The van der Waals surface area contributed by atoms with E-state index in [0.717, 1.165) is 25.3 Å². The molecule has 3 saturated heterocycles. The van der Waals surface area contributed by atoms with E-state index in [1.165, 1.54) is 5.56 Å². The molecule has 0 saturated carbocycles. The molecule has 8 heteroatoms. The van der Waals surface area contributed by atoms with E-state index in [2.05, 4.69) is 23.1 Å². The number of aromatic nitrogens is 2. The van der Waals surface area contributed by atoms with Crippen LogP contribution in [0.5, 0.6) is 0 Å². The summed E-state index contributed by atoms with van der Waals surface area (Å²) in [6.07, 6.45) is 1.84. The standard InChI is InChI=1S/C17H25N5O3/c1-3-20-8-12(11(2)18-20)7-19-4-5-21-15(10-19)17(25)22-9-13(23)6-14(22)16(21)24/h8,13-15,23H,3-7,9-10H2,1-2H3/t13-,14+,15-/m1/s1. The number of hydrogen-bond donors (Lipinski definition) is 1. The van der Waals surface area contributed by atoms with Crippen LogP contribution >= 0.6 is 0 Å². The van der Waals surface area contributed by atoms with Crippen molar-refractivity contribution >= 4 is 11.8 Å². The summed E-state index contributed by atoms with van der Waals surface area (Å²) in [7, 11) is 0. The topological polar surface area (TPSA) is 81.9 Å². The van der Waals surface area contributed by atoms with Crippen LogP contribution in [0.25, 0.3) is 0 Å². The largest absolute Gasteiger partial charge is 0.391 e. The molecule has 0 unspecified atom stereocenters. The van der Waals surface area contributed by atoms with Crippen molar-refractivity contribution in [2.75, 3.05) is 26.2 Å². The van der Waals surface area contributed by atoms with E-state index in [0.29, 0.717) is 19.5 Å². The zero-order valence-corrected chi connectivity index (χ0v) is 14.8. The van der Waals surface area contributed by atoms with Gasteiger partial charge in [-0.15, -0.1) is 0 Å². The van der Waals surface area contributed by atoms with Crippen LogP contribution in [-0.4, -0.2) is 85.8 Å². The Morgan fingerprint density at radius 1 is 1.16 bits per heavy atom. The number of aryl methyl sites for hydroxylation is 2. The lowest BCUT2D eigenvalue weighted by Crippen LogP contribution is -2.68. The summed E-state index contributed by atoms with van der Waals surface area (Å²) in [6, 6.07) is -0.889. The van der Waals surface area contributed by atoms with E-state index < -0.39 is 18.2 Å². The van der Waals surface area contributed by atoms with Crippen molar-refractivity contribution in [2.24, 2.45) is 0 Å². The number of carbonyl (C=O) groups excluding carboxylic acids is 2. The molecular formula is C17H25N5O3. The van der Waals surface area contributed by atoms with Crippen molar-refractivity contribution in [1.29, 1.82) is 0 Å². The smallest absolute Gasteiger partial charge is 0.247 e. The van der Waals surface area contributed by atoms with Crippen LogP contribution in [0.15, 0.2) is 6.20 Å². The van der Waals surface area contributed by atoms with Gasteiger partial charge in [0.05, 0.1) is 11.8 Å². The van der Waals surface area contributed by atoms with Gasteiger partial charge in [-0.1, -0.05) is 0 Å². The first-order valence-corrected chi connectivity index (χ1v) is 9.02. The molecule has 8 nitrogen and oxygen atoms in total. The first kappa shape index (κ1) is 16.5. The number of fused-ring (bicyclic) bond motifs is 2. The summed E-state index contributed by atoms with van der Waals surface area (Å²) in [5.74, 6) is -0.0254. The maximum atomic E-state index is 12.8. The van der Waals surface area contributed by atoms with Crippen molar-refractivity contribution < 1.29 is 14.7 Å². The molecule has 0 spiro atoms. The highest BCUT2D eigenvalue weighted by Crippen LogP contribution is 2.29. The summed E-state index contributed by atoms with van der Waals surface area (Å²) in [5, 5.41) is 14.3. The molecule has 4 rings (SSSR count). The fraction of sp³-hybridized carbons (Fsp3) is 0.706. The molecule has 4 heterocycles. The fourth-order valence-electron chi connectivity index (χ4n) is 4.25. The molecule has 3 aliphatic rings. The van der Waals surface area contributed by atoms with E-state index in [1.807, 2.05) is 11.6 Å². The van der Waals surface area contributed by atoms with Gasteiger partial charge in [0, 0.05) is 57.4 Å². The molecule has 0 aromatic carbocycles. The van der Waals surface area contributed by atoms with Crippen LogP contribution < -0.4 is 0 Å². The van der Waals surface area contributed by atoms with Crippen molar-refractivity contribution in [2.45, 2.75) is 51.5 Å². The second kappa shape index (κ2) is 6.10. The zero-order valence-electron chi connectivity index (χ0n) is 14.8. The molecule has 3 atom stereocenters. The van der Waals surface area contributed by atoms with E-state index in [4.69, 9.17) is 0 Å². The number of carbonyl (C=O) groups is 2. The number of piperazine rings is 2. The maximum Gasteiger partial charge on any atom is 0.247 e. The Balaban J connectivity index is 1.49. The lowest BCUT2D eigenvalue weighted by molar-refractivity contribution is -0.163.